The average molecular weight is 194 g/mol. The quantitative estimate of drug-likeness (QED) is 0.318. The highest BCUT2D eigenvalue weighted by molar-refractivity contribution is 5.86. The van der Waals surface area contributed by atoms with Crippen molar-refractivity contribution in [3.8, 4) is 0 Å². The summed E-state index contributed by atoms with van der Waals surface area (Å²) in [7, 11) is 0. The van der Waals surface area contributed by atoms with Crippen LogP contribution in [-0.4, -0.2) is 13.1 Å². The van der Waals surface area contributed by atoms with Gasteiger partial charge in [0.1, 0.15) is 0 Å². The molecular formula is C8H14N6. The smallest absolute Gasteiger partial charge is 0.0998 e. The van der Waals surface area contributed by atoms with Crippen molar-refractivity contribution in [3.63, 3.8) is 0 Å². The van der Waals surface area contributed by atoms with Gasteiger partial charge in [-0.1, -0.05) is 0 Å². The zero-order valence-electron chi connectivity index (χ0n) is 7.77. The molecule has 2 rings (SSSR count). The monoisotopic (exact) mass is 194 g/mol. The summed E-state index contributed by atoms with van der Waals surface area (Å²) in [5.41, 5.74) is 14.1. The van der Waals surface area contributed by atoms with Crippen molar-refractivity contribution in [1.29, 1.82) is 0 Å². The van der Waals surface area contributed by atoms with Crippen LogP contribution in [0.4, 0.5) is 22.7 Å². The Labute approximate surface area is 82.0 Å². The zero-order chi connectivity index (χ0) is 10.3. The van der Waals surface area contributed by atoms with Crippen LogP contribution in [0.25, 0.3) is 0 Å². The highest BCUT2D eigenvalue weighted by Gasteiger charge is 2.21. The van der Waals surface area contributed by atoms with Crippen molar-refractivity contribution in [2.75, 3.05) is 34.6 Å². The number of nitrogens with two attached hydrogens (primary N) is 4. The standard InChI is InChI=1S/C8H14N6/c9-5-3-6(10)8-7(4-5)13(11)1-2-14(8)12/h3-4H,1-2,9-12H2. The van der Waals surface area contributed by atoms with Crippen molar-refractivity contribution >= 4 is 22.7 Å². The molecule has 8 N–H and O–H groups in total. The molecule has 0 unspecified atom stereocenters. The lowest BCUT2D eigenvalue weighted by Crippen LogP contribution is -2.48. The summed E-state index contributed by atoms with van der Waals surface area (Å²) in [6.45, 7) is 1.31. The van der Waals surface area contributed by atoms with Crippen LogP contribution in [0.1, 0.15) is 0 Å². The number of benzene rings is 1. The number of hydrogen-bond acceptors (Lipinski definition) is 6. The van der Waals surface area contributed by atoms with E-state index in [-0.39, 0.29) is 0 Å². The molecule has 76 valence electrons. The lowest BCUT2D eigenvalue weighted by Gasteiger charge is -2.34. The number of anilines is 4. The molecule has 0 aromatic heterocycles. The number of hydrogen-bond donors (Lipinski definition) is 4. The summed E-state index contributed by atoms with van der Waals surface area (Å²) in [6.07, 6.45) is 0. The Morgan fingerprint density at radius 1 is 1.00 bits per heavy atom. The first-order valence-corrected chi connectivity index (χ1v) is 4.33. The second-order valence-electron chi connectivity index (χ2n) is 3.36. The second-order valence-corrected chi connectivity index (χ2v) is 3.36. The highest BCUT2D eigenvalue weighted by Crippen LogP contribution is 2.36. The summed E-state index contributed by atoms with van der Waals surface area (Å²) < 4.78 is 0. The van der Waals surface area contributed by atoms with Crippen molar-refractivity contribution in [2.24, 2.45) is 11.7 Å². The van der Waals surface area contributed by atoms with Gasteiger partial charge in [0.05, 0.1) is 30.2 Å². The van der Waals surface area contributed by atoms with Crippen LogP contribution >= 0.6 is 0 Å². The van der Waals surface area contributed by atoms with E-state index in [1.807, 2.05) is 0 Å². The van der Waals surface area contributed by atoms with Gasteiger partial charge in [-0.3, -0.25) is 0 Å². The van der Waals surface area contributed by atoms with Crippen LogP contribution in [0.2, 0.25) is 0 Å². The zero-order valence-corrected chi connectivity index (χ0v) is 7.77. The lowest BCUT2D eigenvalue weighted by atomic mass is 10.1. The number of fused-ring (bicyclic) bond motifs is 1. The fourth-order valence-corrected chi connectivity index (χ4v) is 1.64. The molecule has 0 bridgehead atoms. The molecule has 1 aliphatic heterocycles. The summed E-state index contributed by atoms with van der Waals surface area (Å²) in [5.74, 6) is 11.6. The first-order valence-electron chi connectivity index (χ1n) is 4.33. The van der Waals surface area contributed by atoms with Gasteiger partial charge in [-0.2, -0.15) is 0 Å². The van der Waals surface area contributed by atoms with Gasteiger partial charge >= 0.3 is 0 Å². The molecule has 1 heterocycles. The minimum Gasteiger partial charge on any atom is -0.399 e. The summed E-state index contributed by atoms with van der Waals surface area (Å²) in [4.78, 5) is 0. The third-order valence-corrected chi connectivity index (χ3v) is 2.32. The van der Waals surface area contributed by atoms with Gasteiger partial charge in [0.15, 0.2) is 0 Å². The maximum atomic E-state index is 5.81. The van der Waals surface area contributed by atoms with Gasteiger partial charge < -0.3 is 21.5 Å². The predicted octanol–water partition coefficient (Wildman–Crippen LogP) is -0.775. The van der Waals surface area contributed by atoms with E-state index in [0.29, 0.717) is 24.5 Å². The van der Waals surface area contributed by atoms with E-state index in [9.17, 15) is 0 Å². The van der Waals surface area contributed by atoms with Crippen molar-refractivity contribution in [1.82, 2.24) is 0 Å². The molecule has 0 aliphatic carbocycles. The Balaban J connectivity index is 2.60. The van der Waals surface area contributed by atoms with E-state index in [0.717, 1.165) is 11.4 Å². The van der Waals surface area contributed by atoms with Gasteiger partial charge in [0, 0.05) is 5.69 Å². The summed E-state index contributed by atoms with van der Waals surface area (Å²) in [5, 5.41) is 3.19. The van der Waals surface area contributed by atoms with Crippen LogP contribution in [0.15, 0.2) is 12.1 Å². The van der Waals surface area contributed by atoms with Crippen molar-refractivity contribution in [3.05, 3.63) is 12.1 Å². The summed E-state index contributed by atoms with van der Waals surface area (Å²) in [6, 6.07) is 3.45. The molecule has 0 saturated heterocycles. The van der Waals surface area contributed by atoms with E-state index in [1.54, 1.807) is 22.2 Å². The number of nitrogen functional groups attached to an aromatic ring is 2. The van der Waals surface area contributed by atoms with E-state index in [2.05, 4.69) is 0 Å². The molecule has 1 aromatic carbocycles. The maximum absolute atomic E-state index is 5.81. The molecule has 6 heteroatoms. The van der Waals surface area contributed by atoms with Crippen LogP contribution in [-0.2, 0) is 0 Å². The van der Waals surface area contributed by atoms with Crippen LogP contribution in [0.5, 0.6) is 0 Å². The van der Waals surface area contributed by atoms with E-state index < -0.39 is 0 Å². The Bertz CT molecular complexity index is 363. The molecule has 1 aromatic rings. The first-order chi connectivity index (χ1) is 6.59. The fourth-order valence-electron chi connectivity index (χ4n) is 1.64. The third kappa shape index (κ3) is 1.21. The van der Waals surface area contributed by atoms with Gasteiger partial charge in [0.2, 0.25) is 0 Å². The number of nitrogens with zero attached hydrogens (tertiary/aromatic N) is 2. The molecule has 6 nitrogen and oxygen atoms in total. The maximum Gasteiger partial charge on any atom is 0.0998 e. The van der Waals surface area contributed by atoms with E-state index in [4.69, 9.17) is 23.2 Å². The largest absolute Gasteiger partial charge is 0.399 e. The molecule has 0 atom stereocenters. The molecule has 0 amide bonds. The predicted molar refractivity (Wildman–Crippen MR) is 58.3 cm³/mol. The Hall–Kier alpha value is -1.66. The molecule has 1 aliphatic rings. The minimum absolute atomic E-state index is 0.553. The molecule has 14 heavy (non-hydrogen) atoms. The average Bonchev–Trinajstić information content (AvgIpc) is 2.10. The highest BCUT2D eigenvalue weighted by atomic mass is 15.5. The van der Waals surface area contributed by atoms with Gasteiger partial charge in [-0.15, -0.1) is 0 Å². The Kier molecular flexibility index (Phi) is 1.87. The van der Waals surface area contributed by atoms with Crippen LogP contribution < -0.4 is 33.2 Å². The van der Waals surface area contributed by atoms with Crippen molar-refractivity contribution < 1.29 is 0 Å². The normalized spacial score (nSPS) is 15.6. The van der Waals surface area contributed by atoms with Gasteiger partial charge in [-0.05, 0) is 12.1 Å². The Morgan fingerprint density at radius 3 is 2.36 bits per heavy atom. The van der Waals surface area contributed by atoms with E-state index >= 15 is 0 Å². The van der Waals surface area contributed by atoms with Gasteiger partial charge in [0.25, 0.3) is 0 Å². The Morgan fingerprint density at radius 2 is 1.64 bits per heavy atom. The third-order valence-electron chi connectivity index (χ3n) is 2.32. The fraction of sp³-hybridized carbons (Fsp3) is 0.250. The molecule has 0 saturated carbocycles. The molecule has 0 spiro atoms. The van der Waals surface area contributed by atoms with Crippen molar-refractivity contribution in [2.45, 2.75) is 0 Å². The molecular weight excluding hydrogens is 180 g/mol. The minimum atomic E-state index is 0.553. The topological polar surface area (TPSA) is 111 Å². The SMILES string of the molecule is Nc1cc(N)c2c(c1)N(N)CCN2N. The lowest BCUT2D eigenvalue weighted by molar-refractivity contribution is 0.736. The van der Waals surface area contributed by atoms with Crippen LogP contribution in [0, 0.1) is 0 Å². The molecule has 0 radical (unpaired) electrons. The number of rotatable bonds is 0. The summed E-state index contributed by atoms with van der Waals surface area (Å²) >= 11 is 0. The van der Waals surface area contributed by atoms with Crippen LogP contribution in [0.3, 0.4) is 0 Å². The van der Waals surface area contributed by atoms with Gasteiger partial charge in [-0.25, -0.2) is 11.7 Å². The first kappa shape index (κ1) is 8.92. The second kappa shape index (κ2) is 2.93. The number of hydrazine groups is 2. The van der Waals surface area contributed by atoms with E-state index in [1.165, 1.54) is 0 Å². The molecule has 0 fully saturated rings.